The number of hydrogen-bond acceptors (Lipinski definition) is 6. The Morgan fingerprint density at radius 1 is 1.32 bits per heavy atom. The molecule has 1 aromatic heterocycles. The predicted molar refractivity (Wildman–Crippen MR) is 83.5 cm³/mol. The van der Waals surface area contributed by atoms with Crippen molar-refractivity contribution in [1.82, 2.24) is 9.88 Å². The Labute approximate surface area is 133 Å². The third-order valence-electron chi connectivity index (χ3n) is 3.07. The van der Waals surface area contributed by atoms with E-state index >= 15 is 0 Å². The first-order valence-electron chi connectivity index (χ1n) is 7.14. The molecule has 0 bridgehead atoms. The Kier molecular flexibility index (Phi) is 4.90. The fourth-order valence-corrected chi connectivity index (χ4v) is 3.03. The zero-order valence-electron chi connectivity index (χ0n) is 13.0. The number of anilines is 1. The van der Waals surface area contributed by atoms with Crippen LogP contribution in [0.4, 0.5) is 9.93 Å². The average molecular weight is 327 g/mol. The summed E-state index contributed by atoms with van der Waals surface area (Å²) in [7, 11) is 0. The van der Waals surface area contributed by atoms with Gasteiger partial charge in [-0.05, 0) is 20.8 Å². The monoisotopic (exact) mass is 327 g/mol. The van der Waals surface area contributed by atoms with Gasteiger partial charge in [0.2, 0.25) is 0 Å². The molecular weight excluding hydrogens is 306 g/mol. The molecule has 0 spiro atoms. The van der Waals surface area contributed by atoms with Gasteiger partial charge in [0.25, 0.3) is 0 Å². The van der Waals surface area contributed by atoms with Gasteiger partial charge in [-0.15, -0.1) is 11.3 Å². The molecule has 0 saturated carbocycles. The minimum absolute atomic E-state index is 0.00442. The van der Waals surface area contributed by atoms with E-state index < -0.39 is 11.6 Å². The van der Waals surface area contributed by atoms with Crippen molar-refractivity contribution < 1.29 is 19.4 Å². The van der Waals surface area contributed by atoms with Crippen molar-refractivity contribution in [1.29, 1.82) is 0 Å². The second-order valence-electron chi connectivity index (χ2n) is 6.13. The van der Waals surface area contributed by atoms with Crippen molar-refractivity contribution in [2.75, 3.05) is 31.1 Å². The van der Waals surface area contributed by atoms with Crippen LogP contribution in [-0.2, 0) is 16.0 Å². The normalized spacial score (nSPS) is 15.8. The molecule has 2 heterocycles. The Bertz CT molecular complexity index is 545. The van der Waals surface area contributed by atoms with Gasteiger partial charge < -0.3 is 19.6 Å². The van der Waals surface area contributed by atoms with Crippen molar-refractivity contribution in [2.24, 2.45) is 0 Å². The number of thiazole rings is 1. The standard InChI is InChI=1S/C14H21N3O4S/c1-14(2,3)21-13(20)17-6-4-16(5-7-17)12-15-9-10(22-12)8-11(18)19/h9H,4-8H2,1-3H3,(H,18,19). The first-order chi connectivity index (χ1) is 10.2. The van der Waals surface area contributed by atoms with E-state index in [9.17, 15) is 9.59 Å². The molecule has 0 radical (unpaired) electrons. The second kappa shape index (κ2) is 6.51. The zero-order valence-corrected chi connectivity index (χ0v) is 13.9. The van der Waals surface area contributed by atoms with E-state index in [2.05, 4.69) is 9.88 Å². The molecule has 0 atom stereocenters. The van der Waals surface area contributed by atoms with Gasteiger partial charge in [-0.3, -0.25) is 4.79 Å². The van der Waals surface area contributed by atoms with Crippen molar-refractivity contribution in [3.8, 4) is 0 Å². The first kappa shape index (κ1) is 16.5. The highest BCUT2D eigenvalue weighted by molar-refractivity contribution is 7.15. The van der Waals surface area contributed by atoms with Crippen LogP contribution in [0.15, 0.2) is 6.20 Å². The number of amides is 1. The topological polar surface area (TPSA) is 83.0 Å². The smallest absolute Gasteiger partial charge is 0.410 e. The maximum absolute atomic E-state index is 12.0. The van der Waals surface area contributed by atoms with E-state index in [0.29, 0.717) is 26.2 Å². The fourth-order valence-electron chi connectivity index (χ4n) is 2.08. The Morgan fingerprint density at radius 2 is 1.95 bits per heavy atom. The summed E-state index contributed by atoms with van der Waals surface area (Å²) in [6.07, 6.45) is 1.31. The van der Waals surface area contributed by atoms with Crippen LogP contribution in [0.5, 0.6) is 0 Å². The van der Waals surface area contributed by atoms with E-state index in [4.69, 9.17) is 9.84 Å². The van der Waals surface area contributed by atoms with Crippen LogP contribution in [0.3, 0.4) is 0 Å². The summed E-state index contributed by atoms with van der Waals surface area (Å²) in [6, 6.07) is 0. The molecule has 8 heteroatoms. The van der Waals surface area contributed by atoms with Crippen LogP contribution in [0, 0.1) is 0 Å². The van der Waals surface area contributed by atoms with Gasteiger partial charge in [-0.1, -0.05) is 0 Å². The number of carboxylic acid groups (broad SMARTS) is 1. The minimum Gasteiger partial charge on any atom is -0.481 e. The SMILES string of the molecule is CC(C)(C)OC(=O)N1CCN(c2ncc(CC(=O)O)s2)CC1. The number of ether oxygens (including phenoxy) is 1. The third-order valence-corrected chi connectivity index (χ3v) is 4.13. The molecule has 1 fully saturated rings. The molecule has 122 valence electrons. The number of carbonyl (C=O) groups excluding carboxylic acids is 1. The molecule has 1 aromatic rings. The molecular formula is C14H21N3O4S. The minimum atomic E-state index is -0.857. The first-order valence-corrected chi connectivity index (χ1v) is 7.95. The molecule has 1 amide bonds. The zero-order chi connectivity index (χ0) is 16.3. The van der Waals surface area contributed by atoms with Gasteiger partial charge in [0.15, 0.2) is 5.13 Å². The van der Waals surface area contributed by atoms with Gasteiger partial charge in [-0.25, -0.2) is 9.78 Å². The van der Waals surface area contributed by atoms with E-state index in [1.165, 1.54) is 11.3 Å². The summed E-state index contributed by atoms with van der Waals surface area (Å²) >= 11 is 1.39. The van der Waals surface area contributed by atoms with Crippen molar-refractivity contribution in [2.45, 2.75) is 32.8 Å². The molecule has 1 N–H and O–H groups in total. The summed E-state index contributed by atoms with van der Waals surface area (Å²) in [6.45, 7) is 8.02. The van der Waals surface area contributed by atoms with Crippen molar-refractivity contribution in [3.63, 3.8) is 0 Å². The Balaban J connectivity index is 1.88. The average Bonchev–Trinajstić information content (AvgIpc) is 2.84. The van der Waals surface area contributed by atoms with E-state index in [-0.39, 0.29) is 12.5 Å². The Hall–Kier alpha value is -1.83. The van der Waals surface area contributed by atoms with Crippen LogP contribution in [0.2, 0.25) is 0 Å². The van der Waals surface area contributed by atoms with Gasteiger partial charge in [0.1, 0.15) is 5.60 Å². The molecule has 1 aliphatic rings. The van der Waals surface area contributed by atoms with Crippen LogP contribution >= 0.6 is 11.3 Å². The molecule has 1 saturated heterocycles. The highest BCUT2D eigenvalue weighted by Crippen LogP contribution is 2.24. The number of carboxylic acids is 1. The summed E-state index contributed by atoms with van der Waals surface area (Å²) in [5, 5.41) is 9.59. The van der Waals surface area contributed by atoms with Gasteiger partial charge in [-0.2, -0.15) is 0 Å². The number of hydrogen-bond donors (Lipinski definition) is 1. The number of carbonyl (C=O) groups is 2. The van der Waals surface area contributed by atoms with Crippen LogP contribution in [0.1, 0.15) is 25.6 Å². The molecule has 7 nitrogen and oxygen atoms in total. The van der Waals surface area contributed by atoms with E-state index in [1.54, 1.807) is 11.1 Å². The molecule has 1 aliphatic heterocycles. The highest BCUT2D eigenvalue weighted by atomic mass is 32.1. The van der Waals surface area contributed by atoms with Crippen LogP contribution < -0.4 is 4.90 Å². The summed E-state index contributed by atoms with van der Waals surface area (Å²) < 4.78 is 5.36. The Morgan fingerprint density at radius 3 is 2.50 bits per heavy atom. The molecule has 2 rings (SSSR count). The summed E-state index contributed by atoms with van der Waals surface area (Å²) in [5.74, 6) is -0.857. The lowest BCUT2D eigenvalue weighted by molar-refractivity contribution is -0.136. The third kappa shape index (κ3) is 4.59. The summed E-state index contributed by atoms with van der Waals surface area (Å²) in [4.78, 5) is 31.4. The highest BCUT2D eigenvalue weighted by Gasteiger charge is 2.26. The van der Waals surface area contributed by atoms with Crippen LogP contribution in [-0.4, -0.2) is 58.8 Å². The van der Waals surface area contributed by atoms with E-state index in [0.717, 1.165) is 10.0 Å². The lowest BCUT2D eigenvalue weighted by Crippen LogP contribution is -2.50. The van der Waals surface area contributed by atoms with Gasteiger partial charge in [0, 0.05) is 37.3 Å². The maximum atomic E-state index is 12.0. The van der Waals surface area contributed by atoms with Gasteiger partial charge in [0.05, 0.1) is 6.42 Å². The maximum Gasteiger partial charge on any atom is 0.410 e. The quantitative estimate of drug-likeness (QED) is 0.912. The predicted octanol–water partition coefficient (Wildman–Crippen LogP) is 1.83. The molecule has 0 unspecified atom stereocenters. The number of aliphatic carboxylic acids is 1. The van der Waals surface area contributed by atoms with Gasteiger partial charge >= 0.3 is 12.1 Å². The van der Waals surface area contributed by atoms with Crippen molar-refractivity contribution in [3.05, 3.63) is 11.1 Å². The number of aromatic nitrogens is 1. The molecule has 0 aromatic carbocycles. The lowest BCUT2D eigenvalue weighted by atomic mass is 10.2. The summed E-state index contributed by atoms with van der Waals surface area (Å²) in [5.41, 5.74) is -0.491. The lowest BCUT2D eigenvalue weighted by Gasteiger charge is -2.35. The van der Waals surface area contributed by atoms with E-state index in [1.807, 2.05) is 20.8 Å². The van der Waals surface area contributed by atoms with Crippen molar-refractivity contribution >= 4 is 28.5 Å². The number of piperazine rings is 1. The molecule has 22 heavy (non-hydrogen) atoms. The number of nitrogens with zero attached hydrogens (tertiary/aromatic N) is 3. The fraction of sp³-hybridized carbons (Fsp3) is 0.643. The second-order valence-corrected chi connectivity index (χ2v) is 7.23. The number of rotatable bonds is 3. The van der Waals surface area contributed by atoms with Crippen LogP contribution in [0.25, 0.3) is 0 Å². The molecule has 0 aliphatic carbocycles. The largest absolute Gasteiger partial charge is 0.481 e.